The Balaban J connectivity index is 2.10. The Morgan fingerprint density at radius 2 is 2.32 bits per heavy atom. The van der Waals surface area contributed by atoms with Gasteiger partial charge in [0.1, 0.15) is 5.82 Å². The Labute approximate surface area is 110 Å². The summed E-state index contributed by atoms with van der Waals surface area (Å²) < 4.78 is 18.5. The van der Waals surface area contributed by atoms with E-state index in [1.807, 2.05) is 6.07 Å². The van der Waals surface area contributed by atoms with E-state index in [0.717, 1.165) is 0 Å². The smallest absolute Gasteiger partial charge is 0.345 e. The molecule has 1 aromatic rings. The predicted molar refractivity (Wildman–Crippen MR) is 64.7 cm³/mol. The van der Waals surface area contributed by atoms with Crippen LogP contribution in [0.2, 0.25) is 0 Å². The van der Waals surface area contributed by atoms with Gasteiger partial charge in [-0.05, 0) is 13.0 Å². The number of carbonyl (C=O) groups excluding carboxylic acids is 1. The van der Waals surface area contributed by atoms with Crippen LogP contribution in [0.15, 0.2) is 24.3 Å². The van der Waals surface area contributed by atoms with Crippen molar-refractivity contribution >= 4 is 5.97 Å². The monoisotopic (exact) mass is 263 g/mol. The minimum Gasteiger partial charge on any atom is -0.464 e. The number of hydrazine groups is 1. The molecular formula is C13H14FN3O2. The highest BCUT2D eigenvalue weighted by atomic mass is 19.1. The summed E-state index contributed by atoms with van der Waals surface area (Å²) in [5.74, 6) is -0.848. The average molecular weight is 263 g/mol. The van der Waals surface area contributed by atoms with E-state index < -0.39 is 11.6 Å². The maximum atomic E-state index is 13.5. The lowest BCUT2D eigenvalue weighted by atomic mass is 10.1. The highest BCUT2D eigenvalue weighted by molar-refractivity contribution is 5.83. The van der Waals surface area contributed by atoms with Gasteiger partial charge in [0, 0.05) is 12.1 Å². The molecule has 1 N–H and O–H groups in total. The minimum absolute atomic E-state index is 0.0414. The molecule has 0 bridgehead atoms. The third-order valence-electron chi connectivity index (χ3n) is 2.97. The van der Waals surface area contributed by atoms with Crippen molar-refractivity contribution in [3.63, 3.8) is 0 Å². The summed E-state index contributed by atoms with van der Waals surface area (Å²) in [5, 5.41) is 10.3. The number of nitrogens with zero attached hydrogens (tertiary/aromatic N) is 2. The molecule has 1 aliphatic rings. The van der Waals surface area contributed by atoms with Gasteiger partial charge in [0.05, 0.1) is 19.1 Å². The molecule has 2 unspecified atom stereocenters. The Bertz CT molecular complexity index is 529. The molecule has 2 rings (SSSR count). The van der Waals surface area contributed by atoms with Crippen LogP contribution >= 0.6 is 0 Å². The van der Waals surface area contributed by atoms with Crippen molar-refractivity contribution in [3.05, 3.63) is 35.6 Å². The van der Waals surface area contributed by atoms with Crippen LogP contribution in [0, 0.1) is 17.1 Å². The van der Waals surface area contributed by atoms with Crippen LogP contribution in [0.4, 0.5) is 4.39 Å². The summed E-state index contributed by atoms with van der Waals surface area (Å²) in [7, 11) is 0. The van der Waals surface area contributed by atoms with Crippen molar-refractivity contribution in [1.29, 1.82) is 5.26 Å². The molecule has 0 spiro atoms. The number of benzene rings is 1. The maximum Gasteiger partial charge on any atom is 0.345 e. The standard InChI is InChI=1S/C13H14FN3O2/c1-2-19-12(18)13(7-8-15)16-17(13)9-10-5-3-4-6-11(10)14/h3-6,16H,2,7,9H2,1H3. The van der Waals surface area contributed by atoms with Crippen molar-refractivity contribution in [3.8, 4) is 6.07 Å². The molecule has 0 saturated carbocycles. The van der Waals surface area contributed by atoms with Crippen molar-refractivity contribution in [1.82, 2.24) is 10.4 Å². The van der Waals surface area contributed by atoms with E-state index in [4.69, 9.17) is 10.00 Å². The largest absolute Gasteiger partial charge is 0.464 e. The van der Waals surface area contributed by atoms with Crippen molar-refractivity contribution in [2.45, 2.75) is 25.6 Å². The van der Waals surface area contributed by atoms with Crippen LogP contribution in [-0.4, -0.2) is 23.2 Å². The van der Waals surface area contributed by atoms with Crippen LogP contribution in [0.1, 0.15) is 18.9 Å². The van der Waals surface area contributed by atoms with Crippen LogP contribution in [0.3, 0.4) is 0 Å². The maximum absolute atomic E-state index is 13.5. The van der Waals surface area contributed by atoms with E-state index in [-0.39, 0.29) is 25.4 Å². The molecule has 0 radical (unpaired) electrons. The first-order chi connectivity index (χ1) is 9.14. The third-order valence-corrected chi connectivity index (χ3v) is 2.97. The molecule has 0 aromatic heterocycles. The number of carbonyl (C=O) groups is 1. The van der Waals surface area contributed by atoms with Crippen LogP contribution in [0.5, 0.6) is 0 Å². The molecule has 1 aliphatic heterocycles. The zero-order valence-corrected chi connectivity index (χ0v) is 10.5. The van der Waals surface area contributed by atoms with Gasteiger partial charge < -0.3 is 4.74 Å². The average Bonchev–Trinajstić information content (AvgIpc) is 3.07. The summed E-state index contributed by atoms with van der Waals surface area (Å²) in [5.41, 5.74) is 2.14. The highest BCUT2D eigenvalue weighted by Crippen LogP contribution is 2.32. The van der Waals surface area contributed by atoms with E-state index in [1.54, 1.807) is 25.1 Å². The summed E-state index contributed by atoms with van der Waals surface area (Å²) in [6.45, 7) is 2.13. The van der Waals surface area contributed by atoms with E-state index in [0.29, 0.717) is 5.56 Å². The van der Waals surface area contributed by atoms with Crippen LogP contribution in [0.25, 0.3) is 0 Å². The molecular weight excluding hydrogens is 249 g/mol. The Kier molecular flexibility index (Phi) is 3.79. The van der Waals surface area contributed by atoms with Gasteiger partial charge in [-0.25, -0.2) is 19.6 Å². The van der Waals surface area contributed by atoms with Gasteiger partial charge in [0.25, 0.3) is 0 Å². The summed E-state index contributed by atoms with van der Waals surface area (Å²) in [6.07, 6.45) is -0.0414. The molecule has 0 aliphatic carbocycles. The Morgan fingerprint density at radius 3 is 2.95 bits per heavy atom. The molecule has 5 nitrogen and oxygen atoms in total. The predicted octanol–water partition coefficient (Wildman–Crippen LogP) is 1.32. The molecule has 19 heavy (non-hydrogen) atoms. The summed E-state index contributed by atoms with van der Waals surface area (Å²) >= 11 is 0. The molecule has 1 saturated heterocycles. The number of halogens is 1. The van der Waals surface area contributed by atoms with E-state index in [2.05, 4.69) is 5.43 Å². The molecule has 1 fully saturated rings. The lowest BCUT2D eigenvalue weighted by molar-refractivity contribution is -0.147. The fourth-order valence-corrected chi connectivity index (χ4v) is 1.90. The van der Waals surface area contributed by atoms with E-state index in [9.17, 15) is 9.18 Å². The molecule has 100 valence electrons. The van der Waals surface area contributed by atoms with Gasteiger partial charge in [-0.2, -0.15) is 5.26 Å². The van der Waals surface area contributed by atoms with Crippen molar-refractivity contribution in [2.75, 3.05) is 6.61 Å². The summed E-state index contributed by atoms with van der Waals surface area (Å²) in [6, 6.07) is 8.25. The molecule has 1 aromatic carbocycles. The highest BCUT2D eigenvalue weighted by Gasteiger charge is 2.59. The van der Waals surface area contributed by atoms with Gasteiger partial charge in [-0.1, -0.05) is 18.2 Å². The summed E-state index contributed by atoms with van der Waals surface area (Å²) in [4.78, 5) is 11.8. The number of nitrogens with one attached hydrogen (secondary N) is 1. The van der Waals surface area contributed by atoms with Crippen molar-refractivity contribution < 1.29 is 13.9 Å². The zero-order chi connectivity index (χ0) is 13.9. The zero-order valence-electron chi connectivity index (χ0n) is 10.5. The van der Waals surface area contributed by atoms with E-state index in [1.165, 1.54) is 11.1 Å². The van der Waals surface area contributed by atoms with Crippen LogP contribution in [-0.2, 0) is 16.1 Å². The molecule has 1 heterocycles. The van der Waals surface area contributed by atoms with Gasteiger partial charge in [-0.15, -0.1) is 0 Å². The number of nitriles is 1. The molecule has 6 heteroatoms. The Hall–Kier alpha value is -1.97. The number of rotatable bonds is 5. The fraction of sp³-hybridized carbons (Fsp3) is 0.385. The van der Waals surface area contributed by atoms with Gasteiger partial charge in [-0.3, -0.25) is 0 Å². The SMILES string of the molecule is CCOC(=O)C1(CC#N)NN1Cc1ccccc1F. The number of esters is 1. The fourth-order valence-electron chi connectivity index (χ4n) is 1.90. The van der Waals surface area contributed by atoms with Crippen molar-refractivity contribution in [2.24, 2.45) is 0 Å². The lowest BCUT2D eigenvalue weighted by Crippen LogP contribution is -2.32. The van der Waals surface area contributed by atoms with Gasteiger partial charge >= 0.3 is 5.97 Å². The minimum atomic E-state index is -1.13. The number of hydrogen-bond acceptors (Lipinski definition) is 5. The second kappa shape index (κ2) is 5.34. The third kappa shape index (κ3) is 2.57. The topological polar surface area (TPSA) is 75.0 Å². The normalized spacial score (nSPS) is 24.6. The first-order valence-electron chi connectivity index (χ1n) is 5.97. The second-order valence-electron chi connectivity index (χ2n) is 4.20. The first kappa shape index (κ1) is 13.5. The molecule has 0 amide bonds. The molecule has 2 atom stereocenters. The Morgan fingerprint density at radius 1 is 1.58 bits per heavy atom. The lowest BCUT2D eigenvalue weighted by Gasteiger charge is -2.10. The van der Waals surface area contributed by atoms with Crippen LogP contribution < -0.4 is 5.43 Å². The van der Waals surface area contributed by atoms with Gasteiger partial charge in [0.15, 0.2) is 0 Å². The van der Waals surface area contributed by atoms with E-state index >= 15 is 0 Å². The first-order valence-corrected chi connectivity index (χ1v) is 5.97. The number of hydrogen-bond donors (Lipinski definition) is 1. The number of ether oxygens (including phenoxy) is 1. The van der Waals surface area contributed by atoms with Gasteiger partial charge in [0.2, 0.25) is 5.66 Å². The quantitative estimate of drug-likeness (QED) is 0.640. The second-order valence-corrected chi connectivity index (χ2v) is 4.20.